The number of nitro benzene ring substituents is 2. The van der Waals surface area contributed by atoms with Gasteiger partial charge in [0.25, 0.3) is 0 Å². The Morgan fingerprint density at radius 1 is 1.29 bits per heavy atom. The number of ether oxygens (including phenoxy) is 2. The number of benzene rings is 1. The van der Waals surface area contributed by atoms with Crippen LogP contribution in [0.1, 0.15) is 0 Å². The van der Waals surface area contributed by atoms with E-state index in [1.165, 1.54) is 6.07 Å². The van der Waals surface area contributed by atoms with Crippen molar-refractivity contribution in [3.63, 3.8) is 0 Å². The number of nitrogens with zero attached hydrogens (tertiary/aromatic N) is 3. The summed E-state index contributed by atoms with van der Waals surface area (Å²) < 4.78 is 10.3. The highest BCUT2D eigenvalue weighted by Gasteiger charge is 2.38. The Morgan fingerprint density at radius 2 is 1.90 bits per heavy atom. The van der Waals surface area contributed by atoms with Crippen molar-refractivity contribution in [2.24, 2.45) is 10.7 Å². The zero-order valence-corrected chi connectivity index (χ0v) is 11.2. The second kappa shape index (κ2) is 5.79. The van der Waals surface area contributed by atoms with Crippen molar-refractivity contribution in [2.45, 2.75) is 0 Å². The summed E-state index contributed by atoms with van der Waals surface area (Å²) in [5, 5.41) is 22.3. The third-order valence-electron chi connectivity index (χ3n) is 2.53. The lowest BCUT2D eigenvalue weighted by atomic mass is 10.2. The number of alkyl halides is 1. The standard InChI is InChI=1S/C10H9ClN4O6/c11-4-7(12)13-5-3-6-10(21-2-1-20-6)9(15(18)19)8(5)14(16)17/h3H,1-2,4H2,(H2,12,13). The van der Waals surface area contributed by atoms with Gasteiger partial charge in [-0.1, -0.05) is 0 Å². The summed E-state index contributed by atoms with van der Waals surface area (Å²) in [6, 6.07) is 1.17. The number of fused-ring (bicyclic) bond motifs is 1. The molecule has 1 aromatic rings. The van der Waals surface area contributed by atoms with Gasteiger partial charge in [0.15, 0.2) is 11.4 Å². The monoisotopic (exact) mass is 316 g/mol. The second-order valence-corrected chi connectivity index (χ2v) is 4.14. The summed E-state index contributed by atoms with van der Waals surface area (Å²) >= 11 is 5.46. The van der Waals surface area contributed by atoms with E-state index in [1.807, 2.05) is 0 Å². The quantitative estimate of drug-likeness (QED) is 0.291. The predicted octanol–water partition coefficient (Wildman–Crippen LogP) is 1.50. The Morgan fingerprint density at radius 3 is 2.48 bits per heavy atom. The van der Waals surface area contributed by atoms with Gasteiger partial charge in [0.2, 0.25) is 5.75 Å². The van der Waals surface area contributed by atoms with Crippen molar-refractivity contribution in [1.82, 2.24) is 0 Å². The first-order valence-electron chi connectivity index (χ1n) is 5.60. The number of nitro groups is 2. The third kappa shape index (κ3) is 2.79. The van der Waals surface area contributed by atoms with Crippen LogP contribution in [0.25, 0.3) is 0 Å². The van der Waals surface area contributed by atoms with Crippen LogP contribution in [0.3, 0.4) is 0 Å². The number of hydrogen-bond donors (Lipinski definition) is 1. The molecule has 0 saturated carbocycles. The fourth-order valence-electron chi connectivity index (χ4n) is 1.76. The van der Waals surface area contributed by atoms with E-state index in [0.29, 0.717) is 0 Å². The first kappa shape index (κ1) is 14.8. The van der Waals surface area contributed by atoms with E-state index >= 15 is 0 Å². The Bertz CT molecular complexity index is 647. The van der Waals surface area contributed by atoms with Crippen LogP contribution in [-0.2, 0) is 0 Å². The number of rotatable bonds is 4. The van der Waals surface area contributed by atoms with Gasteiger partial charge in [-0.25, -0.2) is 4.99 Å². The molecule has 1 aliphatic heterocycles. The molecular formula is C10H9ClN4O6. The Kier molecular flexibility index (Phi) is 4.08. The Balaban J connectivity index is 2.78. The highest BCUT2D eigenvalue weighted by Crippen LogP contribution is 2.50. The lowest BCUT2D eigenvalue weighted by molar-refractivity contribution is -0.422. The lowest BCUT2D eigenvalue weighted by Gasteiger charge is -2.18. The van der Waals surface area contributed by atoms with E-state index in [-0.39, 0.29) is 42.1 Å². The molecule has 1 heterocycles. The van der Waals surface area contributed by atoms with Crippen molar-refractivity contribution in [2.75, 3.05) is 19.1 Å². The molecule has 2 N–H and O–H groups in total. The Labute approximate surface area is 122 Å². The normalized spacial score (nSPS) is 13.9. The topological polar surface area (TPSA) is 143 Å². The number of aliphatic imine (C=N–C) groups is 1. The molecule has 11 heteroatoms. The maximum atomic E-state index is 11.2. The van der Waals surface area contributed by atoms with Crippen molar-refractivity contribution >= 4 is 34.5 Å². The van der Waals surface area contributed by atoms with Crippen LogP contribution >= 0.6 is 11.6 Å². The van der Waals surface area contributed by atoms with Gasteiger partial charge in [0.1, 0.15) is 19.0 Å². The van der Waals surface area contributed by atoms with E-state index < -0.39 is 21.2 Å². The number of amidine groups is 1. The maximum absolute atomic E-state index is 11.2. The molecule has 0 aromatic heterocycles. The highest BCUT2D eigenvalue weighted by atomic mass is 35.5. The van der Waals surface area contributed by atoms with Crippen molar-refractivity contribution in [3.05, 3.63) is 26.3 Å². The fourth-order valence-corrected chi connectivity index (χ4v) is 1.82. The van der Waals surface area contributed by atoms with Crippen LogP contribution in [0.5, 0.6) is 11.5 Å². The largest absolute Gasteiger partial charge is 0.486 e. The smallest absolute Gasteiger partial charge is 0.393 e. The van der Waals surface area contributed by atoms with Crippen LogP contribution in [0.15, 0.2) is 11.1 Å². The van der Waals surface area contributed by atoms with Crippen molar-refractivity contribution < 1.29 is 19.3 Å². The zero-order valence-electron chi connectivity index (χ0n) is 10.4. The van der Waals surface area contributed by atoms with Gasteiger partial charge in [-0.15, -0.1) is 11.6 Å². The summed E-state index contributed by atoms with van der Waals surface area (Å²) in [7, 11) is 0. The van der Waals surface area contributed by atoms with Gasteiger partial charge in [-0.2, -0.15) is 0 Å². The molecule has 0 radical (unpaired) electrons. The summed E-state index contributed by atoms with van der Waals surface area (Å²) in [5.41, 5.74) is 3.48. The highest BCUT2D eigenvalue weighted by molar-refractivity contribution is 6.28. The van der Waals surface area contributed by atoms with Gasteiger partial charge < -0.3 is 15.2 Å². The van der Waals surface area contributed by atoms with E-state index in [0.717, 1.165) is 0 Å². The SMILES string of the molecule is NC(CCl)=Nc1cc2c(c([N+](=O)[O-])c1[N+](=O)[O-])OCCO2. The molecule has 10 nitrogen and oxygen atoms in total. The molecule has 1 aromatic carbocycles. The van der Waals surface area contributed by atoms with Crippen LogP contribution in [0.4, 0.5) is 17.1 Å². The molecule has 0 aliphatic carbocycles. The molecule has 0 fully saturated rings. The zero-order chi connectivity index (χ0) is 15.6. The van der Waals surface area contributed by atoms with Crippen LogP contribution in [0.2, 0.25) is 0 Å². The predicted molar refractivity (Wildman–Crippen MR) is 72.7 cm³/mol. The molecular weight excluding hydrogens is 308 g/mol. The minimum absolute atomic E-state index is 0.000303. The van der Waals surface area contributed by atoms with Crippen molar-refractivity contribution in [3.8, 4) is 11.5 Å². The average molecular weight is 317 g/mol. The van der Waals surface area contributed by atoms with Crippen molar-refractivity contribution in [1.29, 1.82) is 0 Å². The van der Waals surface area contributed by atoms with Gasteiger partial charge in [0.05, 0.1) is 15.7 Å². The fraction of sp³-hybridized carbons (Fsp3) is 0.300. The minimum atomic E-state index is -0.920. The molecule has 0 unspecified atom stereocenters. The van der Waals surface area contributed by atoms with Crippen LogP contribution < -0.4 is 15.2 Å². The first-order valence-corrected chi connectivity index (χ1v) is 6.13. The molecule has 0 atom stereocenters. The van der Waals surface area contributed by atoms with E-state index in [9.17, 15) is 20.2 Å². The van der Waals surface area contributed by atoms with E-state index in [4.69, 9.17) is 26.8 Å². The second-order valence-electron chi connectivity index (χ2n) is 3.87. The summed E-state index contributed by atoms with van der Waals surface area (Å²) in [4.78, 5) is 24.2. The third-order valence-corrected chi connectivity index (χ3v) is 2.80. The molecule has 112 valence electrons. The Hall–Kier alpha value is -2.62. The minimum Gasteiger partial charge on any atom is -0.486 e. The molecule has 2 rings (SSSR count). The first-order chi connectivity index (χ1) is 9.95. The number of halogens is 1. The summed E-state index contributed by atoms with van der Waals surface area (Å²) in [5.74, 6) is -0.592. The van der Waals surface area contributed by atoms with E-state index in [1.54, 1.807) is 0 Å². The van der Waals surface area contributed by atoms with Crippen LogP contribution in [-0.4, -0.2) is 34.8 Å². The number of nitrogens with two attached hydrogens (primary N) is 1. The van der Waals surface area contributed by atoms with Gasteiger partial charge in [-0.05, 0) is 0 Å². The molecule has 0 amide bonds. The number of hydrogen-bond acceptors (Lipinski definition) is 7. The molecule has 0 spiro atoms. The maximum Gasteiger partial charge on any atom is 0.393 e. The average Bonchev–Trinajstić information content (AvgIpc) is 2.45. The lowest BCUT2D eigenvalue weighted by Crippen LogP contribution is -2.17. The summed E-state index contributed by atoms with van der Waals surface area (Å²) in [6.07, 6.45) is 0. The molecule has 21 heavy (non-hydrogen) atoms. The molecule has 1 aliphatic rings. The van der Waals surface area contributed by atoms with Crippen LogP contribution in [0, 0.1) is 20.2 Å². The summed E-state index contributed by atoms with van der Waals surface area (Å²) in [6.45, 7) is 0.216. The van der Waals surface area contributed by atoms with Gasteiger partial charge in [0, 0.05) is 6.07 Å². The van der Waals surface area contributed by atoms with Gasteiger partial charge >= 0.3 is 11.4 Å². The van der Waals surface area contributed by atoms with E-state index in [2.05, 4.69) is 4.99 Å². The molecule has 0 saturated heterocycles. The molecule has 0 bridgehead atoms. The van der Waals surface area contributed by atoms with Gasteiger partial charge in [-0.3, -0.25) is 20.2 Å².